The van der Waals surface area contributed by atoms with Crippen LogP contribution in [0.15, 0.2) is 8.83 Å². The Morgan fingerprint density at radius 2 is 1.01 bits per heavy atom. The third-order valence-corrected chi connectivity index (χ3v) is 26.5. The average Bonchev–Trinajstić information content (AvgIpc) is 4.23. The molecule has 22 atom stereocenters. The Kier molecular flexibility index (Phi) is 16.3. The topological polar surface area (TPSA) is 128 Å². The van der Waals surface area contributed by atoms with Crippen LogP contribution in [-0.4, -0.2) is 57.2 Å². The SMILES string of the molecule is CC[C@H]1[C@@H](O)[C@@H]2[C@H](CC[C@]3(C)[C@@H]([C@H](C)CCc4nnc(C5CC5)o4)CC[C@@H]23)[C@@]2(C)CC[C@@H](O)C[C@@H]12.CC[C@H]1[C@@H](O[Si](C)(C)C)[C@@H]2[C@H](CC[C@]3(C)[C@@H]([C@H](C)CCc4nnc(C5CC5)o4)CC[C@@H]23)[C@@]2(C)CC[C@@H](C)C[C@@H]12.Cl. The number of aryl methyl sites for hydroxylation is 2. The van der Waals surface area contributed by atoms with Crippen molar-refractivity contribution in [2.45, 2.75) is 266 Å². The molecule has 0 bridgehead atoms. The van der Waals surface area contributed by atoms with Crippen molar-refractivity contribution in [3.63, 3.8) is 0 Å². The van der Waals surface area contributed by atoms with Crippen LogP contribution in [0.4, 0.5) is 0 Å². The lowest BCUT2D eigenvalue weighted by atomic mass is 9.41. The number of aromatic nitrogens is 4. The lowest BCUT2D eigenvalue weighted by Gasteiger charge is -2.66. The van der Waals surface area contributed by atoms with Crippen LogP contribution in [0.1, 0.15) is 239 Å². The Morgan fingerprint density at radius 1 is 0.560 bits per heavy atom. The van der Waals surface area contributed by atoms with Crippen LogP contribution in [0, 0.1) is 110 Å². The highest BCUT2D eigenvalue weighted by Gasteiger charge is 2.67. The van der Waals surface area contributed by atoms with Gasteiger partial charge in [0.2, 0.25) is 23.6 Å². The summed E-state index contributed by atoms with van der Waals surface area (Å²) < 4.78 is 19.4. The van der Waals surface area contributed by atoms with E-state index in [9.17, 15) is 10.2 Å². The maximum absolute atomic E-state index is 11.9. The van der Waals surface area contributed by atoms with Crippen molar-refractivity contribution in [3.8, 4) is 0 Å². The van der Waals surface area contributed by atoms with E-state index in [0.717, 1.165) is 110 Å². The number of aliphatic hydroxyl groups is 2. The molecule has 0 radical (unpaired) electrons. The van der Waals surface area contributed by atoms with E-state index in [1.165, 1.54) is 109 Å². The average molecular weight is 1080 g/mol. The van der Waals surface area contributed by atoms with E-state index >= 15 is 0 Å². The van der Waals surface area contributed by atoms with E-state index in [2.05, 4.69) is 102 Å². The van der Waals surface area contributed by atoms with Crippen molar-refractivity contribution in [1.82, 2.24) is 20.4 Å². The van der Waals surface area contributed by atoms with Gasteiger partial charge in [-0.1, -0.05) is 81.6 Å². The number of nitrogens with zero attached hydrogens (tertiary/aromatic N) is 4. The molecule has 10 aliphatic carbocycles. The van der Waals surface area contributed by atoms with Gasteiger partial charge in [-0.25, -0.2) is 0 Å². The molecule has 0 spiro atoms. The highest BCUT2D eigenvalue weighted by atomic mass is 35.5. The number of hydrogen-bond donors (Lipinski definition) is 2. The molecular weight excluding hydrogens is 968 g/mol. The van der Waals surface area contributed by atoms with E-state index in [-0.39, 0.29) is 30.0 Å². The Balaban J connectivity index is 0.000000170. The second kappa shape index (κ2) is 21.5. The molecule has 12 rings (SSSR count). The summed E-state index contributed by atoms with van der Waals surface area (Å²) in [5.74, 6) is 14.8. The zero-order chi connectivity index (χ0) is 52.3. The van der Waals surface area contributed by atoms with Crippen LogP contribution in [0.25, 0.3) is 0 Å². The van der Waals surface area contributed by atoms with Gasteiger partial charge in [0.05, 0.1) is 18.3 Å². The van der Waals surface area contributed by atoms with Crippen LogP contribution in [0.2, 0.25) is 19.6 Å². The van der Waals surface area contributed by atoms with Gasteiger partial charge in [-0.3, -0.25) is 0 Å². The van der Waals surface area contributed by atoms with Crippen LogP contribution in [0.3, 0.4) is 0 Å². The lowest BCUT2D eigenvalue weighted by Crippen LogP contribution is -2.63. The highest BCUT2D eigenvalue weighted by molar-refractivity contribution is 6.69. The fraction of sp³-hybridized carbons (Fsp3) is 0.938. The largest absolute Gasteiger partial charge is 0.425 e. The molecule has 424 valence electrons. The maximum atomic E-state index is 11.9. The third kappa shape index (κ3) is 10.3. The fourth-order valence-electron chi connectivity index (χ4n) is 21.5. The summed E-state index contributed by atoms with van der Waals surface area (Å²) in [4.78, 5) is 0. The van der Waals surface area contributed by atoms with E-state index in [1.807, 2.05) is 0 Å². The molecular formula is C64H107ClN4O5Si. The van der Waals surface area contributed by atoms with Gasteiger partial charge in [0.15, 0.2) is 8.32 Å². The van der Waals surface area contributed by atoms with Crippen molar-refractivity contribution in [2.75, 3.05) is 0 Å². The monoisotopic (exact) mass is 1070 g/mol. The first kappa shape index (κ1) is 56.9. The molecule has 0 saturated heterocycles. The minimum Gasteiger partial charge on any atom is -0.425 e. The second-order valence-electron chi connectivity index (χ2n) is 30.5. The molecule has 10 aliphatic rings. The molecule has 10 fully saturated rings. The van der Waals surface area contributed by atoms with Crippen molar-refractivity contribution in [2.24, 2.45) is 110 Å². The second-order valence-corrected chi connectivity index (χ2v) is 35.0. The number of rotatable bonds is 14. The summed E-state index contributed by atoms with van der Waals surface area (Å²) in [6.45, 7) is 30.2. The van der Waals surface area contributed by atoms with E-state index in [0.29, 0.717) is 81.5 Å². The van der Waals surface area contributed by atoms with E-state index in [1.54, 1.807) is 0 Å². The van der Waals surface area contributed by atoms with Gasteiger partial charge in [0, 0.05) is 24.7 Å². The van der Waals surface area contributed by atoms with Gasteiger partial charge in [-0.05, 0) is 252 Å². The molecule has 0 unspecified atom stereocenters. The van der Waals surface area contributed by atoms with Gasteiger partial charge < -0.3 is 23.5 Å². The molecule has 0 aliphatic heterocycles. The Hall–Kier alpha value is -1.33. The van der Waals surface area contributed by atoms with Crippen LogP contribution in [-0.2, 0) is 17.3 Å². The number of hydrogen-bond acceptors (Lipinski definition) is 9. The zero-order valence-corrected chi connectivity index (χ0v) is 51.2. The molecule has 75 heavy (non-hydrogen) atoms. The summed E-state index contributed by atoms with van der Waals surface area (Å²) in [5.41, 5.74) is 1.57. The first-order valence-corrected chi connectivity index (χ1v) is 35.3. The van der Waals surface area contributed by atoms with E-state index < -0.39 is 8.32 Å². The molecule has 2 heterocycles. The first-order chi connectivity index (χ1) is 35.2. The molecule has 9 nitrogen and oxygen atoms in total. The summed E-state index contributed by atoms with van der Waals surface area (Å²) in [6, 6.07) is 0. The maximum Gasteiger partial charge on any atom is 0.219 e. The highest BCUT2D eigenvalue weighted by Crippen LogP contribution is 2.72. The summed E-state index contributed by atoms with van der Waals surface area (Å²) in [6.07, 6.45) is 29.5. The Morgan fingerprint density at radius 3 is 1.51 bits per heavy atom. The minimum atomic E-state index is -1.66. The summed E-state index contributed by atoms with van der Waals surface area (Å²) >= 11 is 0. The standard InChI is InChI=1S/C34H58N2O2Si.C30H48N2O3.ClH/c1-9-24-28-20-21(2)16-18-34(28,5)27-17-19-33(4)25(13-14-26(33)30(27)31(24)38-39(6,7)8)22(3)10-15-29-35-36-32(37-29)23-11-12-23;1-5-20-24-16-19(33)12-14-30(24,4)23-13-15-29(3)21(9-10-22(29)26(23)27(20)34)17(2)6-11-25-31-32-28(35-25)18-7-8-18;/h21-28,30-31H,9-20H2,1-8H3;17-24,26-27,33-34H,5-16H2,1-4H3;1H/t21-,22-,24-,25-,26+,27+,28+,30+,31-,33-,34-;17-,19-,20-,21-,22+,23+,24+,26+,27-,29-,30-;/m11./s1. The smallest absolute Gasteiger partial charge is 0.219 e. The van der Waals surface area contributed by atoms with E-state index in [4.69, 9.17) is 13.3 Å². The summed E-state index contributed by atoms with van der Waals surface area (Å²) in [7, 11) is -1.66. The molecule has 0 amide bonds. The quantitative estimate of drug-likeness (QED) is 0.178. The molecule has 11 heteroatoms. The summed E-state index contributed by atoms with van der Waals surface area (Å²) in [5, 5.41) is 39.8. The number of fused-ring (bicyclic) bond motifs is 10. The Bertz CT molecular complexity index is 2240. The van der Waals surface area contributed by atoms with Gasteiger partial charge in [0.25, 0.3) is 0 Å². The van der Waals surface area contributed by atoms with Crippen LogP contribution in [0.5, 0.6) is 0 Å². The van der Waals surface area contributed by atoms with Crippen molar-refractivity contribution in [3.05, 3.63) is 23.6 Å². The predicted octanol–water partition coefficient (Wildman–Crippen LogP) is 15.8. The van der Waals surface area contributed by atoms with Gasteiger partial charge in [0.1, 0.15) is 0 Å². The molecule has 0 aromatic carbocycles. The molecule has 2 aromatic heterocycles. The van der Waals surface area contributed by atoms with Gasteiger partial charge >= 0.3 is 0 Å². The third-order valence-electron chi connectivity index (χ3n) is 25.5. The molecule has 10 saturated carbocycles. The van der Waals surface area contributed by atoms with Crippen LogP contribution < -0.4 is 0 Å². The van der Waals surface area contributed by atoms with Gasteiger partial charge in [-0.2, -0.15) is 0 Å². The van der Waals surface area contributed by atoms with Crippen molar-refractivity contribution >= 4 is 20.7 Å². The van der Waals surface area contributed by atoms with Crippen molar-refractivity contribution in [1.29, 1.82) is 0 Å². The van der Waals surface area contributed by atoms with Crippen LogP contribution >= 0.6 is 12.4 Å². The predicted molar refractivity (Wildman–Crippen MR) is 304 cm³/mol. The molecule has 2 aromatic rings. The lowest BCUT2D eigenvalue weighted by molar-refractivity contribution is -0.203. The van der Waals surface area contributed by atoms with Crippen molar-refractivity contribution < 1.29 is 23.5 Å². The fourth-order valence-corrected chi connectivity index (χ4v) is 22.6. The minimum absolute atomic E-state index is 0. The Labute approximate surface area is 462 Å². The number of aliphatic hydroxyl groups excluding tert-OH is 2. The zero-order valence-electron chi connectivity index (χ0n) is 49.3. The van der Waals surface area contributed by atoms with Gasteiger partial charge in [-0.15, -0.1) is 32.8 Å². The molecule has 2 N–H and O–H groups in total. The first-order valence-electron chi connectivity index (χ1n) is 31.9. The normalized spacial score (nSPS) is 45.8. The number of halogens is 1.